The third-order valence-electron chi connectivity index (χ3n) is 1.58. The number of rotatable bonds is 0. The lowest BCUT2D eigenvalue weighted by Crippen LogP contribution is -2.07. The van der Waals surface area contributed by atoms with Crippen molar-refractivity contribution in [2.75, 3.05) is 0 Å². The van der Waals surface area contributed by atoms with Gasteiger partial charge in [-0.05, 0) is 24.3 Å². The normalized spacial score (nSPS) is 13.4. The Labute approximate surface area is 96.4 Å². The summed E-state index contributed by atoms with van der Waals surface area (Å²) in [4.78, 5) is 0. The second kappa shape index (κ2) is 6.47. The number of nitrogens with one attached hydrogen (secondary N) is 1. The maximum absolute atomic E-state index is 11.7. The Morgan fingerprint density at radius 1 is 1.00 bits per heavy atom. The molecule has 0 unspecified atom stereocenters. The molecule has 0 radical (unpaired) electrons. The van der Waals surface area contributed by atoms with Crippen LogP contribution in [0.5, 0.6) is 0 Å². The van der Waals surface area contributed by atoms with E-state index in [9.17, 15) is 13.2 Å². The van der Waals surface area contributed by atoms with Crippen LogP contribution in [0, 0.1) is 0 Å². The minimum atomic E-state index is -4.38. The van der Waals surface area contributed by atoms with Gasteiger partial charge in [-0.15, -0.1) is 5.10 Å². The third kappa shape index (κ3) is 5.50. The largest absolute Gasteiger partial charge is 0.435 e. The highest BCUT2D eigenvalue weighted by Crippen LogP contribution is 2.25. The van der Waals surface area contributed by atoms with E-state index in [1.165, 1.54) is 12.3 Å². The second-order valence-electron chi connectivity index (χ2n) is 2.88. The van der Waals surface area contributed by atoms with Gasteiger partial charge in [0, 0.05) is 18.6 Å². The summed E-state index contributed by atoms with van der Waals surface area (Å²) in [7, 11) is 0. The van der Waals surface area contributed by atoms with Gasteiger partial charge in [-0.1, -0.05) is 12.2 Å². The summed E-state index contributed by atoms with van der Waals surface area (Å²) in [5, 5.41) is 8.88. The average molecular weight is 241 g/mol. The van der Waals surface area contributed by atoms with Gasteiger partial charge < -0.3 is 5.32 Å². The van der Waals surface area contributed by atoms with Gasteiger partial charge in [0.1, 0.15) is 0 Å². The van der Waals surface area contributed by atoms with Crippen LogP contribution in [0.25, 0.3) is 0 Å². The number of halogens is 3. The highest BCUT2D eigenvalue weighted by Gasteiger charge is 2.32. The Balaban J connectivity index is 0.000000181. The Morgan fingerprint density at radius 2 is 1.65 bits per heavy atom. The minimum Gasteiger partial charge on any atom is -0.368 e. The first-order chi connectivity index (χ1) is 8.11. The zero-order valence-corrected chi connectivity index (χ0v) is 8.72. The molecule has 0 fully saturated rings. The molecule has 1 aromatic heterocycles. The fourth-order valence-electron chi connectivity index (χ4n) is 0.859. The lowest BCUT2D eigenvalue weighted by Gasteiger charge is -2.01. The number of aromatic nitrogens is 2. The maximum Gasteiger partial charge on any atom is 0.435 e. The number of alkyl halides is 3. The molecule has 1 aliphatic rings. The topological polar surface area (TPSA) is 37.8 Å². The molecule has 1 aromatic rings. The standard InChI is InChI=1S/C6H7N.C5H3F3N2/c1-2-4-6-7-5-3-1;6-5(7,8)4-2-1-3-9-10-4/h1-7H;1-3H. The zero-order chi connectivity index (χ0) is 12.6. The molecule has 6 heteroatoms. The molecular formula is C11H10F3N3. The lowest BCUT2D eigenvalue weighted by molar-refractivity contribution is -0.141. The fourth-order valence-corrected chi connectivity index (χ4v) is 0.859. The molecule has 1 N–H and O–H groups in total. The number of allylic oxidation sites excluding steroid dienone is 4. The van der Waals surface area contributed by atoms with E-state index >= 15 is 0 Å². The fraction of sp³-hybridized carbons (Fsp3) is 0.0909. The molecule has 90 valence electrons. The average Bonchev–Trinajstić information content (AvgIpc) is 2.62. The van der Waals surface area contributed by atoms with Crippen molar-refractivity contribution in [3.05, 3.63) is 60.7 Å². The Kier molecular flexibility index (Phi) is 4.93. The first-order valence-corrected chi connectivity index (χ1v) is 4.70. The van der Waals surface area contributed by atoms with E-state index in [4.69, 9.17) is 0 Å². The molecule has 2 rings (SSSR count). The van der Waals surface area contributed by atoms with Crippen molar-refractivity contribution in [2.45, 2.75) is 6.18 Å². The molecule has 2 heterocycles. The summed E-state index contributed by atoms with van der Waals surface area (Å²) in [6.45, 7) is 0. The smallest absolute Gasteiger partial charge is 0.368 e. The van der Waals surface area contributed by atoms with Crippen molar-refractivity contribution in [3.8, 4) is 0 Å². The molecular weight excluding hydrogens is 231 g/mol. The van der Waals surface area contributed by atoms with Crippen LogP contribution in [0.3, 0.4) is 0 Å². The van der Waals surface area contributed by atoms with Crippen molar-refractivity contribution in [1.82, 2.24) is 15.5 Å². The molecule has 0 spiro atoms. The molecule has 0 amide bonds. The molecule has 0 bridgehead atoms. The Morgan fingerprint density at radius 3 is 2.06 bits per heavy atom. The van der Waals surface area contributed by atoms with Crippen molar-refractivity contribution >= 4 is 0 Å². The Bertz CT molecular complexity index is 394. The predicted octanol–water partition coefficient (Wildman–Crippen LogP) is 2.67. The van der Waals surface area contributed by atoms with Gasteiger partial charge in [-0.2, -0.15) is 18.3 Å². The third-order valence-corrected chi connectivity index (χ3v) is 1.58. The zero-order valence-electron chi connectivity index (χ0n) is 8.72. The summed E-state index contributed by atoms with van der Waals surface area (Å²) in [5.74, 6) is 0. The van der Waals surface area contributed by atoms with Gasteiger partial charge >= 0.3 is 6.18 Å². The van der Waals surface area contributed by atoms with Crippen molar-refractivity contribution in [2.24, 2.45) is 0 Å². The van der Waals surface area contributed by atoms with E-state index < -0.39 is 11.9 Å². The highest BCUT2D eigenvalue weighted by molar-refractivity contribution is 5.14. The lowest BCUT2D eigenvalue weighted by atomic mass is 10.4. The summed E-state index contributed by atoms with van der Waals surface area (Å²) >= 11 is 0. The van der Waals surface area contributed by atoms with Crippen LogP contribution in [0.1, 0.15) is 5.69 Å². The van der Waals surface area contributed by atoms with E-state index in [1.54, 1.807) is 0 Å². The molecule has 0 atom stereocenters. The summed E-state index contributed by atoms with van der Waals surface area (Å²) in [6, 6.07) is 2.06. The first kappa shape index (κ1) is 13.0. The Hall–Kier alpha value is -2.11. The molecule has 0 saturated carbocycles. The van der Waals surface area contributed by atoms with Crippen molar-refractivity contribution < 1.29 is 13.2 Å². The number of nitrogens with zero attached hydrogens (tertiary/aromatic N) is 2. The SMILES string of the molecule is C1=CC=CNC=C1.FC(F)(F)c1cccnn1. The molecule has 0 aromatic carbocycles. The van der Waals surface area contributed by atoms with Crippen LogP contribution < -0.4 is 5.32 Å². The van der Waals surface area contributed by atoms with Crippen LogP contribution in [-0.4, -0.2) is 10.2 Å². The molecule has 1 aliphatic heterocycles. The van der Waals surface area contributed by atoms with Crippen molar-refractivity contribution in [3.63, 3.8) is 0 Å². The van der Waals surface area contributed by atoms with E-state index in [1.807, 2.05) is 36.7 Å². The van der Waals surface area contributed by atoms with E-state index in [2.05, 4.69) is 15.5 Å². The summed E-state index contributed by atoms with van der Waals surface area (Å²) in [6.07, 6.45) is 8.39. The van der Waals surface area contributed by atoms with E-state index in [0.29, 0.717) is 0 Å². The first-order valence-electron chi connectivity index (χ1n) is 4.70. The van der Waals surface area contributed by atoms with Crippen LogP contribution in [0.15, 0.2) is 55.0 Å². The molecule has 0 saturated heterocycles. The van der Waals surface area contributed by atoms with Gasteiger partial charge in [0.25, 0.3) is 0 Å². The summed E-state index contributed by atoms with van der Waals surface area (Å²) in [5.41, 5.74) is -0.963. The number of hydrogen-bond donors (Lipinski definition) is 1. The highest BCUT2D eigenvalue weighted by atomic mass is 19.4. The van der Waals surface area contributed by atoms with E-state index in [0.717, 1.165) is 6.07 Å². The second-order valence-corrected chi connectivity index (χ2v) is 2.88. The summed E-state index contributed by atoms with van der Waals surface area (Å²) < 4.78 is 35.1. The molecule has 3 nitrogen and oxygen atoms in total. The maximum atomic E-state index is 11.7. The van der Waals surface area contributed by atoms with E-state index in [-0.39, 0.29) is 0 Å². The molecule has 0 aliphatic carbocycles. The quantitative estimate of drug-likeness (QED) is 0.758. The minimum absolute atomic E-state index is 0.868. The van der Waals surface area contributed by atoms with Crippen LogP contribution >= 0.6 is 0 Å². The van der Waals surface area contributed by atoms with Gasteiger partial charge in [0.2, 0.25) is 0 Å². The van der Waals surface area contributed by atoms with Crippen LogP contribution in [0.4, 0.5) is 13.2 Å². The van der Waals surface area contributed by atoms with Gasteiger partial charge in [-0.25, -0.2) is 0 Å². The van der Waals surface area contributed by atoms with Gasteiger partial charge in [-0.3, -0.25) is 0 Å². The van der Waals surface area contributed by atoms with Crippen LogP contribution in [-0.2, 0) is 6.18 Å². The molecule has 17 heavy (non-hydrogen) atoms. The monoisotopic (exact) mass is 241 g/mol. The van der Waals surface area contributed by atoms with Crippen molar-refractivity contribution in [1.29, 1.82) is 0 Å². The van der Waals surface area contributed by atoms with Gasteiger partial charge in [0.05, 0.1) is 0 Å². The predicted molar refractivity (Wildman–Crippen MR) is 57.6 cm³/mol. The number of hydrogen-bond acceptors (Lipinski definition) is 3. The van der Waals surface area contributed by atoms with Crippen LogP contribution in [0.2, 0.25) is 0 Å². The van der Waals surface area contributed by atoms with Gasteiger partial charge in [0.15, 0.2) is 5.69 Å².